The highest BCUT2D eigenvalue weighted by Gasteiger charge is 2.39. The fourth-order valence-corrected chi connectivity index (χ4v) is 5.49. The zero-order valence-corrected chi connectivity index (χ0v) is 20.6. The van der Waals surface area contributed by atoms with Crippen molar-refractivity contribution >= 4 is 11.1 Å². The average molecular weight is 477 g/mol. The molecule has 0 aliphatic heterocycles. The van der Waals surface area contributed by atoms with E-state index in [0.717, 1.165) is 33.4 Å². The van der Waals surface area contributed by atoms with Crippen molar-refractivity contribution in [3.63, 3.8) is 0 Å². The molecule has 0 spiro atoms. The van der Waals surface area contributed by atoms with Gasteiger partial charge in [-0.25, -0.2) is 0 Å². The van der Waals surface area contributed by atoms with Crippen LogP contribution in [0.2, 0.25) is 0 Å². The van der Waals surface area contributed by atoms with Crippen LogP contribution in [-0.2, 0) is 5.41 Å². The van der Waals surface area contributed by atoms with Crippen molar-refractivity contribution in [2.75, 3.05) is 0 Å². The van der Waals surface area contributed by atoms with Crippen LogP contribution in [0.15, 0.2) is 157 Å². The summed E-state index contributed by atoms with van der Waals surface area (Å²) in [6, 6.07) is 50.5. The van der Waals surface area contributed by atoms with Crippen LogP contribution in [0.1, 0.15) is 28.7 Å². The van der Waals surface area contributed by atoms with Crippen molar-refractivity contribution in [2.45, 2.75) is 11.8 Å². The minimum atomic E-state index is -0.433. The molecule has 0 saturated carbocycles. The number of allylic oxidation sites excluding steroid dienone is 3. The van der Waals surface area contributed by atoms with Crippen LogP contribution < -0.4 is 0 Å². The van der Waals surface area contributed by atoms with Gasteiger partial charge < -0.3 is 5.11 Å². The van der Waals surface area contributed by atoms with E-state index in [1.54, 1.807) is 0 Å². The minimum absolute atomic E-state index is 0.346. The first-order chi connectivity index (χ1) is 18.2. The molecule has 0 amide bonds. The fraction of sp³-hybridized carbons (Fsp3) is 0.0556. The van der Waals surface area contributed by atoms with E-state index in [1.165, 1.54) is 11.1 Å². The van der Waals surface area contributed by atoms with Gasteiger partial charge in [0, 0.05) is 16.6 Å². The summed E-state index contributed by atoms with van der Waals surface area (Å²) in [4.78, 5) is 0. The molecular formula is C36H28O. The molecule has 1 nitrogen and oxygen atoms in total. The largest absolute Gasteiger partial charge is 0.507 e. The molecule has 0 atom stereocenters. The van der Waals surface area contributed by atoms with E-state index in [-0.39, 0.29) is 0 Å². The van der Waals surface area contributed by atoms with E-state index in [9.17, 15) is 5.11 Å². The second-order valence-electron chi connectivity index (χ2n) is 9.58. The van der Waals surface area contributed by atoms with Crippen LogP contribution in [0.3, 0.4) is 0 Å². The molecule has 0 aromatic heterocycles. The van der Waals surface area contributed by atoms with E-state index < -0.39 is 5.41 Å². The highest BCUT2D eigenvalue weighted by atomic mass is 16.3. The lowest BCUT2D eigenvalue weighted by Crippen LogP contribution is -2.29. The molecule has 1 aliphatic rings. The summed E-state index contributed by atoms with van der Waals surface area (Å²) in [6.45, 7) is 0. The van der Waals surface area contributed by atoms with Crippen LogP contribution >= 0.6 is 0 Å². The fourth-order valence-electron chi connectivity index (χ4n) is 5.49. The standard InChI is InChI=1S/C36H28O/c37-35-33(28-16-7-2-8-17-28)25-36(31-20-9-3-10-21-31,32-22-11-4-12-23-32)26-34(35)30-19-13-18-29(24-30)27-14-5-1-6-15-27/h1-24,26,37H,25H2. The van der Waals surface area contributed by atoms with Gasteiger partial charge in [0.2, 0.25) is 0 Å². The summed E-state index contributed by atoms with van der Waals surface area (Å²) in [5.41, 5.74) is 8.12. The third-order valence-corrected chi connectivity index (χ3v) is 7.37. The Balaban J connectivity index is 1.62. The van der Waals surface area contributed by atoms with Crippen molar-refractivity contribution in [1.29, 1.82) is 0 Å². The van der Waals surface area contributed by atoms with Gasteiger partial charge in [-0.05, 0) is 45.9 Å². The second kappa shape index (κ2) is 9.79. The summed E-state index contributed by atoms with van der Waals surface area (Å²) in [5, 5.41) is 11.8. The van der Waals surface area contributed by atoms with Gasteiger partial charge in [0.05, 0.1) is 0 Å². The van der Waals surface area contributed by atoms with Crippen molar-refractivity contribution in [3.8, 4) is 11.1 Å². The Morgan fingerprint density at radius 2 is 0.919 bits per heavy atom. The predicted octanol–water partition coefficient (Wildman–Crippen LogP) is 9.10. The summed E-state index contributed by atoms with van der Waals surface area (Å²) >= 11 is 0. The molecular weight excluding hydrogens is 448 g/mol. The first-order valence-corrected chi connectivity index (χ1v) is 12.7. The van der Waals surface area contributed by atoms with Gasteiger partial charge in [-0.15, -0.1) is 0 Å². The molecule has 0 bridgehead atoms. The van der Waals surface area contributed by atoms with E-state index in [0.29, 0.717) is 12.2 Å². The Labute approximate surface area is 218 Å². The Morgan fingerprint density at radius 3 is 1.49 bits per heavy atom. The molecule has 0 heterocycles. The predicted molar refractivity (Wildman–Crippen MR) is 154 cm³/mol. The topological polar surface area (TPSA) is 20.2 Å². The lowest BCUT2D eigenvalue weighted by molar-refractivity contribution is 0.431. The zero-order valence-electron chi connectivity index (χ0n) is 20.6. The maximum absolute atomic E-state index is 11.8. The zero-order chi connectivity index (χ0) is 25.1. The Bertz CT molecular complexity index is 1520. The molecule has 178 valence electrons. The van der Waals surface area contributed by atoms with Crippen molar-refractivity contribution in [1.82, 2.24) is 0 Å². The van der Waals surface area contributed by atoms with E-state index >= 15 is 0 Å². The summed E-state index contributed by atoms with van der Waals surface area (Å²) in [5.74, 6) is 0.346. The molecule has 0 radical (unpaired) electrons. The van der Waals surface area contributed by atoms with Gasteiger partial charge in [0.25, 0.3) is 0 Å². The normalized spacial score (nSPS) is 14.8. The SMILES string of the molecule is OC1=C(c2ccccc2)CC(c2ccccc2)(c2ccccc2)C=C1c1cccc(-c2ccccc2)c1. The van der Waals surface area contributed by atoms with Gasteiger partial charge >= 0.3 is 0 Å². The first-order valence-electron chi connectivity index (χ1n) is 12.7. The molecule has 0 saturated heterocycles. The quantitative estimate of drug-likeness (QED) is 0.268. The monoisotopic (exact) mass is 476 g/mol. The lowest BCUT2D eigenvalue weighted by Gasteiger charge is -2.38. The summed E-state index contributed by atoms with van der Waals surface area (Å²) in [7, 11) is 0. The molecule has 5 aromatic rings. The number of rotatable bonds is 5. The minimum Gasteiger partial charge on any atom is -0.507 e. The number of hydrogen-bond acceptors (Lipinski definition) is 1. The number of benzene rings is 5. The summed E-state index contributed by atoms with van der Waals surface area (Å²) < 4.78 is 0. The molecule has 1 heteroatoms. The molecule has 0 unspecified atom stereocenters. The highest BCUT2D eigenvalue weighted by Crippen LogP contribution is 2.49. The molecule has 1 N–H and O–H groups in total. The van der Waals surface area contributed by atoms with Gasteiger partial charge in [-0.1, -0.05) is 146 Å². The van der Waals surface area contributed by atoms with Crippen LogP contribution in [0, 0.1) is 0 Å². The molecule has 5 aromatic carbocycles. The van der Waals surface area contributed by atoms with Crippen LogP contribution in [0.25, 0.3) is 22.3 Å². The van der Waals surface area contributed by atoms with Gasteiger partial charge in [-0.2, -0.15) is 0 Å². The Morgan fingerprint density at radius 1 is 0.459 bits per heavy atom. The van der Waals surface area contributed by atoms with Gasteiger partial charge in [0.1, 0.15) is 5.76 Å². The van der Waals surface area contributed by atoms with Crippen molar-refractivity contribution < 1.29 is 5.11 Å². The maximum Gasteiger partial charge on any atom is 0.126 e. The second-order valence-corrected chi connectivity index (χ2v) is 9.58. The van der Waals surface area contributed by atoms with Crippen molar-refractivity contribution in [3.05, 3.63) is 180 Å². The van der Waals surface area contributed by atoms with E-state index in [4.69, 9.17) is 0 Å². The van der Waals surface area contributed by atoms with E-state index in [2.05, 4.69) is 127 Å². The molecule has 6 rings (SSSR count). The van der Waals surface area contributed by atoms with Gasteiger partial charge in [-0.3, -0.25) is 0 Å². The molecule has 37 heavy (non-hydrogen) atoms. The third kappa shape index (κ3) is 4.30. The molecule has 1 aliphatic carbocycles. The smallest absolute Gasteiger partial charge is 0.126 e. The number of aliphatic hydroxyl groups excluding tert-OH is 1. The number of hydrogen-bond donors (Lipinski definition) is 1. The van der Waals surface area contributed by atoms with Crippen LogP contribution in [-0.4, -0.2) is 5.11 Å². The van der Waals surface area contributed by atoms with Gasteiger partial charge in [0.15, 0.2) is 0 Å². The lowest BCUT2D eigenvalue weighted by atomic mass is 9.65. The van der Waals surface area contributed by atoms with Crippen LogP contribution in [0.5, 0.6) is 0 Å². The summed E-state index contributed by atoms with van der Waals surface area (Å²) in [6.07, 6.45) is 2.95. The average Bonchev–Trinajstić information content (AvgIpc) is 2.99. The Kier molecular flexibility index (Phi) is 6.04. The van der Waals surface area contributed by atoms with E-state index in [1.807, 2.05) is 24.3 Å². The molecule has 0 fully saturated rings. The first kappa shape index (κ1) is 22.8. The third-order valence-electron chi connectivity index (χ3n) is 7.37. The highest BCUT2D eigenvalue weighted by molar-refractivity contribution is 5.92. The van der Waals surface area contributed by atoms with Crippen LogP contribution in [0.4, 0.5) is 0 Å². The number of aliphatic hydroxyl groups is 1. The van der Waals surface area contributed by atoms with Crippen molar-refractivity contribution in [2.24, 2.45) is 0 Å². The maximum atomic E-state index is 11.8. The Hall–Kier alpha value is -4.62.